The molecular weight excluding hydrogens is 260 g/mol. The second-order valence-corrected chi connectivity index (χ2v) is 6.09. The van der Waals surface area contributed by atoms with Crippen molar-refractivity contribution in [3.8, 4) is 0 Å². The molecule has 102 valence electrons. The van der Waals surface area contributed by atoms with Crippen LogP contribution in [0, 0.1) is 5.92 Å². The van der Waals surface area contributed by atoms with Crippen molar-refractivity contribution in [2.75, 3.05) is 6.54 Å². The lowest BCUT2D eigenvalue weighted by molar-refractivity contribution is -0.121. The van der Waals surface area contributed by atoms with Crippen molar-refractivity contribution in [2.45, 2.75) is 30.5 Å². The minimum absolute atomic E-state index is 0.131. The zero-order valence-corrected chi connectivity index (χ0v) is 11.9. The Labute approximate surface area is 117 Å². The summed E-state index contributed by atoms with van der Waals surface area (Å²) in [6.45, 7) is 4.87. The standard InChI is InChI=1S/C14H18N2O2S/c1-9(2)7-8-15-13(18)14-16-12(17)10-5-3-4-6-11(10)19-14/h3-6,9,14H,7-8H2,1-2H3,(H,15,18)(H,16,17)/t14-/m0/s1. The van der Waals surface area contributed by atoms with Gasteiger partial charge in [0.1, 0.15) is 0 Å². The lowest BCUT2D eigenvalue weighted by atomic mass is 10.1. The number of carbonyl (C=O) groups is 2. The summed E-state index contributed by atoms with van der Waals surface area (Å²) in [5.41, 5.74) is 0.638. The molecule has 0 aromatic heterocycles. The molecule has 5 heteroatoms. The molecule has 1 aromatic carbocycles. The third-order valence-electron chi connectivity index (χ3n) is 2.90. The summed E-state index contributed by atoms with van der Waals surface area (Å²) < 4.78 is 0. The molecule has 0 bridgehead atoms. The van der Waals surface area contributed by atoms with Crippen molar-refractivity contribution in [1.29, 1.82) is 0 Å². The Kier molecular flexibility index (Phi) is 4.47. The number of hydrogen-bond donors (Lipinski definition) is 2. The summed E-state index contributed by atoms with van der Waals surface area (Å²) in [6, 6.07) is 7.33. The van der Waals surface area contributed by atoms with Crippen molar-refractivity contribution in [3.63, 3.8) is 0 Å². The van der Waals surface area contributed by atoms with Gasteiger partial charge in [0.2, 0.25) is 0 Å². The summed E-state index contributed by atoms with van der Waals surface area (Å²) in [6.07, 6.45) is 0.938. The van der Waals surface area contributed by atoms with Crippen molar-refractivity contribution in [3.05, 3.63) is 29.8 Å². The Hall–Kier alpha value is -1.49. The van der Waals surface area contributed by atoms with Crippen LogP contribution in [0.15, 0.2) is 29.2 Å². The second kappa shape index (κ2) is 6.10. The first-order chi connectivity index (χ1) is 9.08. The number of rotatable bonds is 4. The third-order valence-corrected chi connectivity index (χ3v) is 4.08. The molecule has 2 amide bonds. The van der Waals surface area contributed by atoms with Crippen LogP contribution in [-0.2, 0) is 4.79 Å². The SMILES string of the molecule is CC(C)CCNC(=O)[C@H]1NC(=O)c2ccccc2S1. The number of thioether (sulfide) groups is 1. The van der Waals surface area contributed by atoms with Crippen LogP contribution in [0.5, 0.6) is 0 Å². The van der Waals surface area contributed by atoms with Crippen LogP contribution >= 0.6 is 11.8 Å². The molecule has 1 heterocycles. The molecule has 0 saturated carbocycles. The molecule has 19 heavy (non-hydrogen) atoms. The number of nitrogens with one attached hydrogen (secondary N) is 2. The molecule has 1 aliphatic heterocycles. The Morgan fingerprint density at radius 2 is 2.16 bits per heavy atom. The fraction of sp³-hybridized carbons (Fsp3) is 0.429. The molecule has 0 radical (unpaired) electrons. The average Bonchev–Trinajstić information content (AvgIpc) is 2.38. The molecule has 1 aliphatic rings. The minimum atomic E-state index is -0.533. The highest BCUT2D eigenvalue weighted by atomic mass is 32.2. The van der Waals surface area contributed by atoms with E-state index in [0.29, 0.717) is 18.0 Å². The van der Waals surface area contributed by atoms with Gasteiger partial charge in [0.15, 0.2) is 5.37 Å². The molecule has 0 spiro atoms. The molecule has 0 saturated heterocycles. The van der Waals surface area contributed by atoms with E-state index in [1.54, 1.807) is 6.07 Å². The number of benzene rings is 1. The fourth-order valence-corrected chi connectivity index (χ4v) is 2.86. The van der Waals surface area contributed by atoms with E-state index in [9.17, 15) is 9.59 Å². The van der Waals surface area contributed by atoms with Crippen LogP contribution in [0.2, 0.25) is 0 Å². The normalized spacial score (nSPS) is 17.8. The number of fused-ring (bicyclic) bond motifs is 1. The van der Waals surface area contributed by atoms with E-state index < -0.39 is 5.37 Å². The van der Waals surface area contributed by atoms with Crippen LogP contribution in [0.1, 0.15) is 30.6 Å². The number of hydrogen-bond acceptors (Lipinski definition) is 3. The van der Waals surface area contributed by atoms with Gasteiger partial charge in [-0.15, -0.1) is 0 Å². The van der Waals surface area contributed by atoms with Crippen LogP contribution < -0.4 is 10.6 Å². The Morgan fingerprint density at radius 1 is 1.42 bits per heavy atom. The number of carbonyl (C=O) groups excluding carboxylic acids is 2. The average molecular weight is 278 g/mol. The third kappa shape index (κ3) is 3.50. The minimum Gasteiger partial charge on any atom is -0.354 e. The maximum Gasteiger partial charge on any atom is 0.253 e. The van der Waals surface area contributed by atoms with Gasteiger partial charge in [0, 0.05) is 11.4 Å². The van der Waals surface area contributed by atoms with E-state index in [1.807, 2.05) is 18.2 Å². The van der Waals surface area contributed by atoms with Gasteiger partial charge in [-0.1, -0.05) is 37.7 Å². The van der Waals surface area contributed by atoms with Crippen LogP contribution in [0.3, 0.4) is 0 Å². The van der Waals surface area contributed by atoms with E-state index in [0.717, 1.165) is 11.3 Å². The molecular formula is C14H18N2O2S. The van der Waals surface area contributed by atoms with Gasteiger partial charge >= 0.3 is 0 Å². The molecule has 1 aromatic rings. The summed E-state index contributed by atoms with van der Waals surface area (Å²) in [5.74, 6) is 0.237. The smallest absolute Gasteiger partial charge is 0.253 e. The largest absolute Gasteiger partial charge is 0.354 e. The molecule has 1 atom stereocenters. The van der Waals surface area contributed by atoms with Gasteiger partial charge in [0.05, 0.1) is 5.56 Å². The first-order valence-electron chi connectivity index (χ1n) is 6.42. The van der Waals surface area contributed by atoms with Crippen LogP contribution in [-0.4, -0.2) is 23.7 Å². The first kappa shape index (κ1) is 13.9. The van der Waals surface area contributed by atoms with Gasteiger partial charge in [-0.2, -0.15) is 0 Å². The maximum absolute atomic E-state index is 12.0. The van der Waals surface area contributed by atoms with Crippen molar-refractivity contribution < 1.29 is 9.59 Å². The highest BCUT2D eigenvalue weighted by Crippen LogP contribution is 2.30. The summed E-state index contributed by atoms with van der Waals surface area (Å²) in [5, 5.41) is 5.05. The Balaban J connectivity index is 1.97. The van der Waals surface area contributed by atoms with Crippen LogP contribution in [0.4, 0.5) is 0 Å². The second-order valence-electron chi connectivity index (χ2n) is 4.94. The lowest BCUT2D eigenvalue weighted by Crippen LogP contribution is -2.47. The number of amides is 2. The summed E-state index contributed by atoms with van der Waals surface area (Å²) >= 11 is 1.38. The Morgan fingerprint density at radius 3 is 2.89 bits per heavy atom. The van der Waals surface area contributed by atoms with E-state index in [-0.39, 0.29) is 11.8 Å². The Bertz CT molecular complexity index is 488. The first-order valence-corrected chi connectivity index (χ1v) is 7.30. The monoisotopic (exact) mass is 278 g/mol. The zero-order valence-electron chi connectivity index (χ0n) is 11.1. The molecule has 2 N–H and O–H groups in total. The van der Waals surface area contributed by atoms with E-state index in [2.05, 4.69) is 24.5 Å². The summed E-state index contributed by atoms with van der Waals surface area (Å²) in [4.78, 5) is 24.7. The highest BCUT2D eigenvalue weighted by molar-refractivity contribution is 8.00. The highest BCUT2D eigenvalue weighted by Gasteiger charge is 2.29. The predicted octanol–water partition coefficient (Wildman–Crippen LogP) is 2.01. The molecule has 0 unspecified atom stereocenters. The topological polar surface area (TPSA) is 58.2 Å². The van der Waals surface area contributed by atoms with Gasteiger partial charge < -0.3 is 10.6 Å². The van der Waals surface area contributed by atoms with Gasteiger partial charge in [0.25, 0.3) is 11.8 Å². The van der Waals surface area contributed by atoms with E-state index in [1.165, 1.54) is 11.8 Å². The maximum atomic E-state index is 12.0. The summed E-state index contributed by atoms with van der Waals surface area (Å²) in [7, 11) is 0. The lowest BCUT2D eigenvalue weighted by Gasteiger charge is -2.24. The fourth-order valence-electron chi connectivity index (χ4n) is 1.81. The molecule has 0 fully saturated rings. The van der Waals surface area contributed by atoms with Gasteiger partial charge in [-0.05, 0) is 24.5 Å². The van der Waals surface area contributed by atoms with Crippen molar-refractivity contribution >= 4 is 23.6 Å². The van der Waals surface area contributed by atoms with Gasteiger partial charge in [-0.25, -0.2) is 0 Å². The van der Waals surface area contributed by atoms with E-state index >= 15 is 0 Å². The quantitative estimate of drug-likeness (QED) is 0.886. The van der Waals surface area contributed by atoms with Crippen molar-refractivity contribution in [1.82, 2.24) is 10.6 Å². The van der Waals surface area contributed by atoms with E-state index in [4.69, 9.17) is 0 Å². The molecule has 4 nitrogen and oxygen atoms in total. The van der Waals surface area contributed by atoms with Crippen LogP contribution in [0.25, 0.3) is 0 Å². The van der Waals surface area contributed by atoms with Gasteiger partial charge in [-0.3, -0.25) is 9.59 Å². The zero-order chi connectivity index (χ0) is 13.8. The van der Waals surface area contributed by atoms with Crippen molar-refractivity contribution in [2.24, 2.45) is 5.92 Å². The molecule has 2 rings (SSSR count). The predicted molar refractivity (Wildman–Crippen MR) is 76.0 cm³/mol. The molecule has 0 aliphatic carbocycles.